The number of hydrogen-bond donors (Lipinski definition) is 2. The van der Waals surface area contributed by atoms with Crippen molar-refractivity contribution >= 4 is 29.2 Å². The second-order valence-electron chi connectivity index (χ2n) is 8.11. The number of fused-ring (bicyclic) bond motifs is 1. The number of hydrogen-bond acceptors (Lipinski definition) is 4. The summed E-state index contributed by atoms with van der Waals surface area (Å²) in [5, 5.41) is 0.578. The van der Waals surface area contributed by atoms with Crippen LogP contribution in [-0.2, 0) is 17.8 Å². The predicted molar refractivity (Wildman–Crippen MR) is 134 cm³/mol. The van der Waals surface area contributed by atoms with Gasteiger partial charge in [0.25, 0.3) is 5.91 Å². The number of guanidine groups is 1. The van der Waals surface area contributed by atoms with Gasteiger partial charge in [-0.25, -0.2) is 4.39 Å². The number of rotatable bonds is 9. The molecule has 0 saturated heterocycles. The molecule has 4 N–H and O–H groups in total. The lowest BCUT2D eigenvalue weighted by molar-refractivity contribution is -0.127. The first kappa shape index (κ1) is 24.3. The van der Waals surface area contributed by atoms with E-state index in [1.807, 2.05) is 36.4 Å². The molecule has 3 aromatic rings. The standard InChI is InChI=1S/C26H26ClFN4O3/c27-19-3-1-2-18(14-19)16-32-22-9-6-20(28)15-24(22)35-23(25(32)33)11-13-34-21-7-4-17(5-8-21)10-12-31-26(29)30/h1-9,14-15,23H,10-13,16H2,(H4,29,30,31). The van der Waals surface area contributed by atoms with Gasteiger partial charge in [0.1, 0.15) is 17.3 Å². The molecule has 35 heavy (non-hydrogen) atoms. The minimum Gasteiger partial charge on any atom is -0.493 e. The number of carbonyl (C=O) groups is 1. The van der Waals surface area contributed by atoms with Gasteiger partial charge >= 0.3 is 0 Å². The lowest BCUT2D eigenvalue weighted by Gasteiger charge is -2.34. The Bertz CT molecular complexity index is 1220. The van der Waals surface area contributed by atoms with Crippen LogP contribution in [0.4, 0.5) is 10.1 Å². The van der Waals surface area contributed by atoms with Crippen LogP contribution in [0.3, 0.4) is 0 Å². The van der Waals surface area contributed by atoms with Gasteiger partial charge in [0.15, 0.2) is 12.1 Å². The summed E-state index contributed by atoms with van der Waals surface area (Å²) < 4.78 is 25.6. The van der Waals surface area contributed by atoms with Crippen molar-refractivity contribution in [2.45, 2.75) is 25.5 Å². The van der Waals surface area contributed by atoms with Gasteiger partial charge in [-0.15, -0.1) is 0 Å². The molecule has 0 bridgehead atoms. The second-order valence-corrected chi connectivity index (χ2v) is 8.55. The summed E-state index contributed by atoms with van der Waals surface area (Å²) >= 11 is 6.11. The molecule has 1 atom stereocenters. The molecule has 1 aliphatic heterocycles. The van der Waals surface area contributed by atoms with E-state index in [2.05, 4.69) is 4.99 Å². The number of amides is 1. The fourth-order valence-corrected chi connectivity index (χ4v) is 4.03. The summed E-state index contributed by atoms with van der Waals surface area (Å²) in [6, 6.07) is 19.0. The third kappa shape index (κ3) is 6.42. The maximum Gasteiger partial charge on any atom is 0.268 e. The highest BCUT2D eigenvalue weighted by Crippen LogP contribution is 2.36. The van der Waals surface area contributed by atoms with Gasteiger partial charge in [-0.3, -0.25) is 9.79 Å². The molecule has 9 heteroatoms. The Balaban J connectivity index is 1.40. The summed E-state index contributed by atoms with van der Waals surface area (Å²) in [6.45, 7) is 1.05. The Hall–Kier alpha value is -3.78. The van der Waals surface area contributed by atoms with E-state index < -0.39 is 11.9 Å². The lowest BCUT2D eigenvalue weighted by atomic mass is 10.1. The highest BCUT2D eigenvalue weighted by Gasteiger charge is 2.34. The van der Waals surface area contributed by atoms with E-state index in [1.165, 1.54) is 12.1 Å². The third-order valence-electron chi connectivity index (χ3n) is 5.52. The molecule has 1 aliphatic rings. The molecule has 0 radical (unpaired) electrons. The largest absolute Gasteiger partial charge is 0.493 e. The minimum atomic E-state index is -0.803. The van der Waals surface area contributed by atoms with Gasteiger partial charge in [0.2, 0.25) is 0 Å². The van der Waals surface area contributed by atoms with E-state index in [0.29, 0.717) is 48.1 Å². The normalized spacial score (nSPS) is 14.7. The fraction of sp³-hybridized carbons (Fsp3) is 0.231. The topological polar surface area (TPSA) is 103 Å². The number of nitrogens with two attached hydrogens (primary N) is 2. The predicted octanol–water partition coefficient (Wildman–Crippen LogP) is 4.06. The van der Waals surface area contributed by atoms with Crippen LogP contribution in [0.2, 0.25) is 5.02 Å². The zero-order valence-corrected chi connectivity index (χ0v) is 19.7. The van der Waals surface area contributed by atoms with Gasteiger partial charge in [0.05, 0.1) is 18.8 Å². The summed E-state index contributed by atoms with van der Waals surface area (Å²) in [6.07, 6.45) is 0.205. The number of carbonyl (C=O) groups excluding carboxylic acids is 1. The molecule has 1 amide bonds. The van der Waals surface area contributed by atoms with Crippen molar-refractivity contribution in [2.24, 2.45) is 16.5 Å². The molecular weight excluding hydrogens is 471 g/mol. The lowest BCUT2D eigenvalue weighted by Crippen LogP contribution is -2.46. The highest BCUT2D eigenvalue weighted by atomic mass is 35.5. The first-order chi connectivity index (χ1) is 16.9. The van der Waals surface area contributed by atoms with Crippen LogP contribution in [0, 0.1) is 5.82 Å². The monoisotopic (exact) mass is 496 g/mol. The zero-order valence-electron chi connectivity index (χ0n) is 19.0. The van der Waals surface area contributed by atoms with Gasteiger partial charge in [-0.1, -0.05) is 35.9 Å². The Morgan fingerprint density at radius 2 is 1.89 bits per heavy atom. The molecule has 0 aromatic heterocycles. The van der Waals surface area contributed by atoms with Crippen LogP contribution in [0.25, 0.3) is 0 Å². The SMILES string of the molecule is NC(N)=NCCc1ccc(OCCC2Oc3cc(F)ccc3N(Cc3cccc(Cl)c3)C2=O)cc1. The van der Waals surface area contributed by atoms with Crippen molar-refractivity contribution in [3.63, 3.8) is 0 Å². The number of aliphatic imine (C=N–C) groups is 1. The van der Waals surface area contributed by atoms with Crippen LogP contribution in [0.1, 0.15) is 17.5 Å². The van der Waals surface area contributed by atoms with Gasteiger partial charge < -0.3 is 25.8 Å². The Labute approximate surface area is 208 Å². The molecule has 7 nitrogen and oxygen atoms in total. The summed E-state index contributed by atoms with van der Waals surface area (Å²) in [5.41, 5.74) is 13.1. The van der Waals surface area contributed by atoms with Gasteiger partial charge in [0, 0.05) is 24.1 Å². The number of halogens is 2. The molecule has 182 valence electrons. The number of ether oxygens (including phenoxy) is 2. The van der Waals surface area contributed by atoms with Crippen LogP contribution in [0.5, 0.6) is 11.5 Å². The number of anilines is 1. The molecule has 0 spiro atoms. The van der Waals surface area contributed by atoms with E-state index in [-0.39, 0.29) is 18.5 Å². The minimum absolute atomic E-state index is 0.0703. The second kappa shape index (κ2) is 11.1. The van der Waals surface area contributed by atoms with Crippen molar-refractivity contribution in [1.29, 1.82) is 0 Å². The van der Waals surface area contributed by atoms with Crippen LogP contribution >= 0.6 is 11.6 Å². The Morgan fingerprint density at radius 3 is 2.63 bits per heavy atom. The van der Waals surface area contributed by atoms with Crippen molar-refractivity contribution in [3.05, 3.63) is 88.7 Å². The van der Waals surface area contributed by atoms with Crippen molar-refractivity contribution < 1.29 is 18.7 Å². The maximum absolute atomic E-state index is 13.9. The quantitative estimate of drug-likeness (QED) is 0.343. The van der Waals surface area contributed by atoms with Gasteiger partial charge in [-0.2, -0.15) is 0 Å². The molecule has 1 heterocycles. The van der Waals surface area contributed by atoms with Crippen LogP contribution in [-0.4, -0.2) is 31.1 Å². The van der Waals surface area contributed by atoms with E-state index in [9.17, 15) is 9.18 Å². The molecular formula is C26H26ClFN4O3. The molecule has 4 rings (SSSR count). The number of nitrogens with zero attached hydrogens (tertiary/aromatic N) is 2. The molecule has 1 unspecified atom stereocenters. The summed E-state index contributed by atoms with van der Waals surface area (Å²) in [4.78, 5) is 18.9. The zero-order chi connectivity index (χ0) is 24.8. The van der Waals surface area contributed by atoms with E-state index in [0.717, 1.165) is 11.1 Å². The molecule has 0 aliphatic carbocycles. The average molecular weight is 497 g/mol. The van der Waals surface area contributed by atoms with Crippen LogP contribution < -0.4 is 25.8 Å². The van der Waals surface area contributed by atoms with Crippen molar-refractivity contribution in [2.75, 3.05) is 18.1 Å². The first-order valence-corrected chi connectivity index (χ1v) is 11.6. The first-order valence-electron chi connectivity index (χ1n) is 11.2. The Kier molecular flexibility index (Phi) is 7.72. The van der Waals surface area contributed by atoms with E-state index in [1.54, 1.807) is 23.1 Å². The average Bonchev–Trinajstić information content (AvgIpc) is 2.82. The highest BCUT2D eigenvalue weighted by molar-refractivity contribution is 6.30. The fourth-order valence-electron chi connectivity index (χ4n) is 3.82. The molecule has 0 fully saturated rings. The van der Waals surface area contributed by atoms with Gasteiger partial charge in [-0.05, 0) is 53.9 Å². The third-order valence-corrected chi connectivity index (χ3v) is 5.76. The Morgan fingerprint density at radius 1 is 1.09 bits per heavy atom. The summed E-state index contributed by atoms with van der Waals surface area (Å²) in [5.74, 6) is 0.405. The molecule has 0 saturated carbocycles. The van der Waals surface area contributed by atoms with Crippen molar-refractivity contribution in [3.8, 4) is 11.5 Å². The van der Waals surface area contributed by atoms with E-state index in [4.69, 9.17) is 32.5 Å². The van der Waals surface area contributed by atoms with Crippen LogP contribution in [0.15, 0.2) is 71.7 Å². The summed E-state index contributed by atoms with van der Waals surface area (Å²) in [7, 11) is 0. The number of benzene rings is 3. The van der Waals surface area contributed by atoms with Crippen molar-refractivity contribution in [1.82, 2.24) is 0 Å². The maximum atomic E-state index is 13.9. The smallest absolute Gasteiger partial charge is 0.268 e. The van der Waals surface area contributed by atoms with E-state index >= 15 is 0 Å². The molecule has 3 aromatic carbocycles.